The molecule has 2 amide bonds. The molecular weight excluding hydrogens is 350 g/mol. The normalized spacial score (nSPS) is 10.6. The molecule has 1 aromatic carbocycles. The predicted octanol–water partition coefficient (Wildman–Crippen LogP) is 2.53. The van der Waals surface area contributed by atoms with E-state index >= 15 is 0 Å². The Balaban J connectivity index is 1.60. The minimum atomic E-state index is -0.516. The Morgan fingerprint density at radius 2 is 1.95 bits per heavy atom. The van der Waals surface area contributed by atoms with Crippen LogP contribution >= 0.6 is 15.9 Å². The Labute approximate surface area is 134 Å². The number of nitrogens with one attached hydrogen (secondary N) is 3. The average Bonchev–Trinajstić information content (AvgIpc) is 3.12. The number of hydrogen-bond donors (Lipinski definition) is 3. The SMILES string of the molecule is O=C(Cc1c[nH]c2ccccc12)NNC(=O)c1ccc(Br)o1. The van der Waals surface area contributed by atoms with Crippen LogP contribution in [0.15, 0.2) is 51.7 Å². The van der Waals surface area contributed by atoms with Crippen molar-refractivity contribution in [3.8, 4) is 0 Å². The Kier molecular flexibility index (Phi) is 3.97. The number of fused-ring (bicyclic) bond motifs is 1. The van der Waals surface area contributed by atoms with Crippen LogP contribution in [0.4, 0.5) is 0 Å². The first kappa shape index (κ1) is 14.4. The third-order valence-electron chi connectivity index (χ3n) is 3.14. The number of para-hydroxylation sites is 1. The van der Waals surface area contributed by atoms with E-state index in [0.717, 1.165) is 16.5 Å². The molecule has 112 valence electrons. The van der Waals surface area contributed by atoms with E-state index in [2.05, 4.69) is 31.8 Å². The molecule has 0 atom stereocenters. The Bertz CT molecular complexity index is 837. The summed E-state index contributed by atoms with van der Waals surface area (Å²) in [6, 6.07) is 10.8. The average molecular weight is 362 g/mol. The third kappa shape index (κ3) is 3.04. The van der Waals surface area contributed by atoms with Gasteiger partial charge in [0.25, 0.3) is 0 Å². The number of H-pyrrole nitrogens is 1. The van der Waals surface area contributed by atoms with Gasteiger partial charge in [0.2, 0.25) is 5.91 Å². The van der Waals surface area contributed by atoms with Gasteiger partial charge in [0.15, 0.2) is 10.4 Å². The number of aromatic amines is 1. The topological polar surface area (TPSA) is 87.1 Å². The molecular formula is C15H12BrN3O3. The van der Waals surface area contributed by atoms with Crippen molar-refractivity contribution in [1.29, 1.82) is 0 Å². The van der Waals surface area contributed by atoms with Crippen LogP contribution < -0.4 is 10.9 Å². The van der Waals surface area contributed by atoms with Gasteiger partial charge in [-0.05, 0) is 39.7 Å². The van der Waals surface area contributed by atoms with Crippen molar-refractivity contribution in [2.24, 2.45) is 0 Å². The van der Waals surface area contributed by atoms with E-state index in [4.69, 9.17) is 4.42 Å². The first-order chi connectivity index (χ1) is 10.6. The van der Waals surface area contributed by atoms with Gasteiger partial charge < -0.3 is 9.40 Å². The molecule has 0 saturated carbocycles. The zero-order valence-corrected chi connectivity index (χ0v) is 12.9. The molecule has 3 N–H and O–H groups in total. The molecule has 3 rings (SSSR count). The van der Waals surface area contributed by atoms with Crippen LogP contribution in [0, 0.1) is 0 Å². The molecule has 7 heteroatoms. The fourth-order valence-electron chi connectivity index (χ4n) is 2.12. The third-order valence-corrected chi connectivity index (χ3v) is 3.56. The Morgan fingerprint density at radius 3 is 2.73 bits per heavy atom. The van der Waals surface area contributed by atoms with E-state index in [1.54, 1.807) is 12.3 Å². The van der Waals surface area contributed by atoms with Crippen LogP contribution in [0.1, 0.15) is 16.1 Å². The first-order valence-electron chi connectivity index (χ1n) is 6.53. The summed E-state index contributed by atoms with van der Waals surface area (Å²) in [7, 11) is 0. The van der Waals surface area contributed by atoms with Gasteiger partial charge in [-0.25, -0.2) is 0 Å². The number of carbonyl (C=O) groups is 2. The first-order valence-corrected chi connectivity index (χ1v) is 7.32. The molecule has 0 fully saturated rings. The number of carbonyl (C=O) groups excluding carboxylic acids is 2. The summed E-state index contributed by atoms with van der Waals surface area (Å²) in [5, 5.41) is 0.985. The molecule has 0 saturated heterocycles. The van der Waals surface area contributed by atoms with Crippen LogP contribution in [-0.4, -0.2) is 16.8 Å². The van der Waals surface area contributed by atoms with Crippen molar-refractivity contribution in [3.05, 3.63) is 58.6 Å². The summed E-state index contributed by atoms with van der Waals surface area (Å²) in [5.74, 6) is -0.721. The monoisotopic (exact) mass is 361 g/mol. The van der Waals surface area contributed by atoms with Crippen molar-refractivity contribution >= 4 is 38.6 Å². The highest BCUT2D eigenvalue weighted by Gasteiger charge is 2.12. The molecule has 22 heavy (non-hydrogen) atoms. The van der Waals surface area contributed by atoms with E-state index in [9.17, 15) is 9.59 Å². The molecule has 0 aliphatic rings. The fraction of sp³-hybridized carbons (Fsp3) is 0.0667. The van der Waals surface area contributed by atoms with Crippen LogP contribution in [0.2, 0.25) is 0 Å². The van der Waals surface area contributed by atoms with Gasteiger partial charge in [-0.3, -0.25) is 20.4 Å². The quantitative estimate of drug-likeness (QED) is 0.626. The van der Waals surface area contributed by atoms with E-state index in [1.165, 1.54) is 6.07 Å². The maximum Gasteiger partial charge on any atom is 0.305 e. The standard InChI is InChI=1S/C15H12BrN3O3/c16-13-6-5-12(22-13)15(21)19-18-14(20)7-9-8-17-11-4-2-1-3-10(9)11/h1-6,8,17H,7H2,(H,18,20)(H,19,21). The van der Waals surface area contributed by atoms with Crippen LogP contribution in [-0.2, 0) is 11.2 Å². The molecule has 0 radical (unpaired) electrons. The number of hydrogen-bond acceptors (Lipinski definition) is 3. The highest BCUT2D eigenvalue weighted by atomic mass is 79.9. The number of aromatic nitrogens is 1. The lowest BCUT2D eigenvalue weighted by atomic mass is 10.1. The second-order valence-corrected chi connectivity index (χ2v) is 5.42. The van der Waals surface area contributed by atoms with Gasteiger partial charge in [-0.2, -0.15) is 0 Å². The molecule has 6 nitrogen and oxygen atoms in total. The van der Waals surface area contributed by atoms with E-state index in [0.29, 0.717) is 4.67 Å². The van der Waals surface area contributed by atoms with Crippen molar-refractivity contribution in [2.45, 2.75) is 6.42 Å². The van der Waals surface area contributed by atoms with Crippen molar-refractivity contribution < 1.29 is 14.0 Å². The van der Waals surface area contributed by atoms with E-state index in [-0.39, 0.29) is 18.1 Å². The maximum atomic E-state index is 11.9. The molecule has 0 aliphatic heterocycles. The number of amides is 2. The lowest BCUT2D eigenvalue weighted by Gasteiger charge is -2.05. The predicted molar refractivity (Wildman–Crippen MR) is 84.0 cm³/mol. The zero-order valence-electron chi connectivity index (χ0n) is 11.4. The van der Waals surface area contributed by atoms with Crippen molar-refractivity contribution in [2.75, 3.05) is 0 Å². The number of hydrazine groups is 1. The minimum Gasteiger partial charge on any atom is -0.444 e. The summed E-state index contributed by atoms with van der Waals surface area (Å²) in [4.78, 5) is 26.7. The maximum absolute atomic E-state index is 11.9. The summed E-state index contributed by atoms with van der Waals surface area (Å²) in [6.07, 6.45) is 1.95. The molecule has 2 aromatic heterocycles. The van der Waals surface area contributed by atoms with E-state index < -0.39 is 5.91 Å². The van der Waals surface area contributed by atoms with Gasteiger partial charge >= 0.3 is 5.91 Å². The van der Waals surface area contributed by atoms with Gasteiger partial charge in [-0.1, -0.05) is 18.2 Å². The van der Waals surface area contributed by atoms with Crippen molar-refractivity contribution in [3.63, 3.8) is 0 Å². The summed E-state index contributed by atoms with van der Waals surface area (Å²) < 4.78 is 5.54. The highest BCUT2D eigenvalue weighted by Crippen LogP contribution is 2.18. The molecule has 0 spiro atoms. The molecule has 3 aromatic rings. The summed E-state index contributed by atoms with van der Waals surface area (Å²) >= 11 is 3.11. The lowest BCUT2D eigenvalue weighted by Crippen LogP contribution is -2.42. The second-order valence-electron chi connectivity index (χ2n) is 4.64. The minimum absolute atomic E-state index is 0.110. The van der Waals surface area contributed by atoms with Gasteiger partial charge in [0.05, 0.1) is 6.42 Å². The Morgan fingerprint density at radius 1 is 1.14 bits per heavy atom. The largest absolute Gasteiger partial charge is 0.444 e. The van der Waals surface area contributed by atoms with Crippen LogP contribution in [0.3, 0.4) is 0 Å². The number of rotatable bonds is 3. The lowest BCUT2D eigenvalue weighted by molar-refractivity contribution is -0.121. The smallest absolute Gasteiger partial charge is 0.305 e. The summed E-state index contributed by atoms with van der Waals surface area (Å²) in [6.45, 7) is 0. The second kappa shape index (κ2) is 6.07. The van der Waals surface area contributed by atoms with Crippen LogP contribution in [0.5, 0.6) is 0 Å². The molecule has 0 aliphatic carbocycles. The number of furan rings is 1. The zero-order chi connectivity index (χ0) is 15.5. The van der Waals surface area contributed by atoms with Gasteiger partial charge in [0.1, 0.15) is 0 Å². The van der Waals surface area contributed by atoms with Crippen molar-refractivity contribution in [1.82, 2.24) is 15.8 Å². The molecule has 0 bridgehead atoms. The molecule has 2 heterocycles. The van der Waals surface area contributed by atoms with Gasteiger partial charge in [-0.15, -0.1) is 0 Å². The number of halogens is 1. The number of benzene rings is 1. The van der Waals surface area contributed by atoms with Gasteiger partial charge in [0, 0.05) is 17.1 Å². The Hall–Kier alpha value is -2.54. The molecule has 0 unspecified atom stereocenters. The van der Waals surface area contributed by atoms with Crippen LogP contribution in [0.25, 0.3) is 10.9 Å². The fourth-order valence-corrected chi connectivity index (χ4v) is 2.43. The summed E-state index contributed by atoms with van der Waals surface area (Å²) in [5.41, 5.74) is 6.51. The highest BCUT2D eigenvalue weighted by molar-refractivity contribution is 9.10. The van der Waals surface area contributed by atoms with E-state index in [1.807, 2.05) is 24.3 Å².